The third-order valence-electron chi connectivity index (χ3n) is 11.2. The molecule has 0 heterocycles. The number of hydrogen-bond donors (Lipinski definition) is 2. The first-order valence-corrected chi connectivity index (χ1v) is 13.2. The molecule has 5 heteroatoms. The summed E-state index contributed by atoms with van der Waals surface area (Å²) in [6.45, 7) is 14.5. The van der Waals surface area contributed by atoms with Gasteiger partial charge in [0.2, 0.25) is 0 Å². The minimum Gasteiger partial charge on any atom is -0.481 e. The molecule has 0 amide bonds. The summed E-state index contributed by atoms with van der Waals surface area (Å²) in [6, 6.07) is 0. The van der Waals surface area contributed by atoms with Crippen molar-refractivity contribution in [2.24, 2.45) is 44.8 Å². The zero-order valence-electron chi connectivity index (χ0n) is 22.4. The van der Waals surface area contributed by atoms with E-state index in [-0.39, 0.29) is 39.8 Å². The molecule has 4 aliphatic carbocycles. The molecule has 1 fully saturated rings. The highest BCUT2D eigenvalue weighted by atomic mass is 16.4. The Kier molecular flexibility index (Phi) is 5.86. The highest BCUT2D eigenvalue weighted by molar-refractivity contribution is 5.89. The van der Waals surface area contributed by atoms with E-state index in [2.05, 4.69) is 46.8 Å². The Hall–Kier alpha value is -2.17. The van der Waals surface area contributed by atoms with Crippen LogP contribution in [-0.4, -0.2) is 27.9 Å². The predicted molar refractivity (Wildman–Crippen MR) is 136 cm³/mol. The van der Waals surface area contributed by atoms with Crippen molar-refractivity contribution in [3.05, 3.63) is 35.5 Å². The number of carbonyl (C=O) groups is 3. The zero-order chi connectivity index (χ0) is 26.2. The molecule has 1 saturated carbocycles. The number of rotatable bonds is 6. The Bertz CT molecular complexity index is 1060. The third kappa shape index (κ3) is 3.43. The maximum absolute atomic E-state index is 12.6. The second-order valence-electron chi connectivity index (χ2n) is 13.3. The summed E-state index contributed by atoms with van der Waals surface area (Å²) in [5, 5.41) is 20.5. The molecule has 192 valence electrons. The van der Waals surface area contributed by atoms with Crippen LogP contribution in [0.4, 0.5) is 0 Å². The standard InChI is InChI=1S/C30H42O5/c1-18(19(2)31)10-13-30(25(34)35)15-14-27(5)20(16-30)8-9-23-28(27,6)12-11-22-26(3,4)17-21(24(32)33)29(22,23)7/h8-9,16-18,22-23H,10-15H2,1-7H3,(H,32,33)(H,34,35)/t18-,22-,23?,27+,28+,29-,30-/m0/s1. The lowest BCUT2D eigenvalue weighted by atomic mass is 9.38. The van der Waals surface area contributed by atoms with E-state index in [0.717, 1.165) is 24.8 Å². The van der Waals surface area contributed by atoms with E-state index >= 15 is 0 Å². The van der Waals surface area contributed by atoms with Crippen LogP contribution in [0.2, 0.25) is 0 Å². The lowest BCUT2D eigenvalue weighted by molar-refractivity contribution is -0.150. The topological polar surface area (TPSA) is 91.7 Å². The molecule has 5 nitrogen and oxygen atoms in total. The van der Waals surface area contributed by atoms with E-state index in [1.165, 1.54) is 0 Å². The van der Waals surface area contributed by atoms with Gasteiger partial charge in [-0.25, -0.2) is 4.79 Å². The molecular weight excluding hydrogens is 440 g/mol. The van der Waals surface area contributed by atoms with Crippen molar-refractivity contribution >= 4 is 17.7 Å². The molecule has 1 unspecified atom stereocenters. The minimum absolute atomic E-state index is 0.0649. The first-order chi connectivity index (χ1) is 16.0. The van der Waals surface area contributed by atoms with Gasteiger partial charge in [-0.05, 0) is 79.1 Å². The third-order valence-corrected chi connectivity index (χ3v) is 11.2. The quantitative estimate of drug-likeness (QED) is 0.454. The lowest BCUT2D eigenvalue weighted by Crippen LogP contribution is -2.59. The SMILES string of the molecule is CC(=O)[C@@H](C)CC[C@@]1(C(=O)O)C=C2C=CC3[C@@]4(C)C(C(=O)O)=CC(C)(C)[C@@H]4CC[C@@]3(C)[C@]2(C)CC1. The first-order valence-electron chi connectivity index (χ1n) is 13.2. The van der Waals surface area contributed by atoms with E-state index in [9.17, 15) is 24.6 Å². The van der Waals surface area contributed by atoms with Gasteiger partial charge in [-0.1, -0.05) is 65.8 Å². The van der Waals surface area contributed by atoms with Gasteiger partial charge in [-0.2, -0.15) is 0 Å². The summed E-state index contributed by atoms with van der Waals surface area (Å²) in [6.07, 6.45) is 12.5. The van der Waals surface area contributed by atoms with Crippen molar-refractivity contribution in [3.63, 3.8) is 0 Å². The fraction of sp³-hybridized carbons (Fsp3) is 0.700. The Morgan fingerprint density at radius 1 is 1.03 bits per heavy atom. The molecule has 7 atom stereocenters. The second-order valence-corrected chi connectivity index (χ2v) is 13.3. The molecule has 0 saturated heterocycles. The van der Waals surface area contributed by atoms with Crippen LogP contribution in [0.15, 0.2) is 35.5 Å². The number of hydrogen-bond acceptors (Lipinski definition) is 3. The average molecular weight is 483 g/mol. The van der Waals surface area contributed by atoms with Crippen LogP contribution in [0.3, 0.4) is 0 Å². The number of fused-ring (bicyclic) bond motifs is 5. The molecular formula is C30H42O5. The van der Waals surface area contributed by atoms with E-state index in [0.29, 0.717) is 24.8 Å². The van der Waals surface area contributed by atoms with Crippen molar-refractivity contribution in [1.29, 1.82) is 0 Å². The van der Waals surface area contributed by atoms with Crippen molar-refractivity contribution in [2.75, 3.05) is 0 Å². The van der Waals surface area contributed by atoms with Crippen LogP contribution < -0.4 is 0 Å². The molecule has 4 rings (SSSR count). The molecule has 4 aliphatic rings. The number of carboxylic acids is 2. The predicted octanol–water partition coefficient (Wildman–Crippen LogP) is 6.45. The molecule has 0 radical (unpaired) electrons. The molecule has 35 heavy (non-hydrogen) atoms. The van der Waals surface area contributed by atoms with Gasteiger partial charge in [0.15, 0.2) is 0 Å². The fourth-order valence-electron chi connectivity index (χ4n) is 8.57. The highest BCUT2D eigenvalue weighted by Crippen LogP contribution is 2.73. The van der Waals surface area contributed by atoms with Crippen molar-refractivity contribution < 1.29 is 24.6 Å². The van der Waals surface area contributed by atoms with Gasteiger partial charge in [0.1, 0.15) is 5.78 Å². The van der Waals surface area contributed by atoms with Crippen molar-refractivity contribution in [3.8, 4) is 0 Å². The monoisotopic (exact) mass is 482 g/mol. The number of allylic oxidation sites excluding steroid dienone is 4. The van der Waals surface area contributed by atoms with Gasteiger partial charge >= 0.3 is 11.9 Å². The summed E-state index contributed by atoms with van der Waals surface area (Å²) < 4.78 is 0. The Balaban J connectivity index is 1.79. The summed E-state index contributed by atoms with van der Waals surface area (Å²) in [7, 11) is 0. The number of aliphatic carboxylic acids is 2. The minimum atomic E-state index is -0.964. The van der Waals surface area contributed by atoms with E-state index < -0.39 is 22.8 Å². The van der Waals surface area contributed by atoms with Crippen LogP contribution in [0.25, 0.3) is 0 Å². The summed E-state index contributed by atoms with van der Waals surface area (Å²) in [5.41, 5.74) is -0.404. The summed E-state index contributed by atoms with van der Waals surface area (Å²) in [5.74, 6) is -1.36. The number of carbonyl (C=O) groups excluding carboxylic acids is 1. The number of ketones is 1. The van der Waals surface area contributed by atoms with Gasteiger partial charge in [-0.3, -0.25) is 9.59 Å². The first kappa shape index (κ1) is 25.9. The normalized spacial score (nSPS) is 42.1. The number of Topliss-reactive ketones (excluding diaryl/α,β-unsaturated/α-hetero) is 1. The van der Waals surface area contributed by atoms with Gasteiger partial charge in [0.05, 0.1) is 5.41 Å². The Labute approximate surface area is 209 Å². The van der Waals surface area contributed by atoms with Crippen LogP contribution in [-0.2, 0) is 14.4 Å². The van der Waals surface area contributed by atoms with Gasteiger partial charge in [0, 0.05) is 16.9 Å². The van der Waals surface area contributed by atoms with Crippen LogP contribution in [0, 0.1) is 44.8 Å². The van der Waals surface area contributed by atoms with Crippen LogP contribution >= 0.6 is 0 Å². The zero-order valence-corrected chi connectivity index (χ0v) is 22.4. The molecule has 0 aromatic heterocycles. The average Bonchev–Trinajstić information content (AvgIpc) is 2.98. The van der Waals surface area contributed by atoms with Crippen LogP contribution in [0.5, 0.6) is 0 Å². The maximum Gasteiger partial charge on any atom is 0.331 e. The molecule has 0 aromatic carbocycles. The van der Waals surface area contributed by atoms with E-state index in [1.54, 1.807) is 6.92 Å². The molecule has 0 aliphatic heterocycles. The van der Waals surface area contributed by atoms with Gasteiger partial charge in [0.25, 0.3) is 0 Å². The van der Waals surface area contributed by atoms with Crippen molar-refractivity contribution in [1.82, 2.24) is 0 Å². The summed E-state index contributed by atoms with van der Waals surface area (Å²) in [4.78, 5) is 36.8. The Morgan fingerprint density at radius 3 is 2.26 bits per heavy atom. The highest BCUT2D eigenvalue weighted by Gasteiger charge is 2.67. The van der Waals surface area contributed by atoms with Gasteiger partial charge in [-0.15, -0.1) is 0 Å². The van der Waals surface area contributed by atoms with E-state index in [1.807, 2.05) is 19.1 Å². The molecule has 0 bridgehead atoms. The van der Waals surface area contributed by atoms with Gasteiger partial charge < -0.3 is 10.2 Å². The maximum atomic E-state index is 12.6. The van der Waals surface area contributed by atoms with Crippen LogP contribution in [0.1, 0.15) is 87.0 Å². The molecule has 0 spiro atoms. The molecule has 2 N–H and O–H groups in total. The number of carboxylic acid groups (broad SMARTS) is 2. The summed E-state index contributed by atoms with van der Waals surface area (Å²) >= 11 is 0. The molecule has 0 aromatic rings. The Morgan fingerprint density at radius 2 is 1.69 bits per heavy atom. The van der Waals surface area contributed by atoms with Crippen molar-refractivity contribution in [2.45, 2.75) is 87.0 Å². The smallest absolute Gasteiger partial charge is 0.331 e. The van der Waals surface area contributed by atoms with E-state index in [4.69, 9.17) is 0 Å². The lowest BCUT2D eigenvalue weighted by Gasteiger charge is -2.65. The largest absolute Gasteiger partial charge is 0.481 e. The fourth-order valence-corrected chi connectivity index (χ4v) is 8.57. The second kappa shape index (κ2) is 7.91.